The average Bonchev–Trinajstić information content (AvgIpc) is 3.01. The smallest absolute Gasteiger partial charge is 0.140 e. The Labute approximate surface area is 255 Å². The summed E-state index contributed by atoms with van der Waals surface area (Å²) in [4.78, 5) is 9.93. The summed E-state index contributed by atoms with van der Waals surface area (Å²) in [5.74, 6) is 1.70. The zero-order chi connectivity index (χ0) is 29.9. The lowest BCUT2D eigenvalue weighted by Gasteiger charge is -2.29. The normalized spacial score (nSPS) is 10.9. The molecule has 0 spiro atoms. The predicted octanol–water partition coefficient (Wildman–Crippen LogP) is 11.2. The maximum Gasteiger partial charge on any atom is 0.140 e. The van der Waals surface area contributed by atoms with Crippen LogP contribution < -0.4 is 9.80 Å². The molecule has 0 unspecified atom stereocenters. The standard InChI is InChI=1S/C40H37N3/c1-28-6-16-33(17-7-28)34-26-39(42(35-18-8-29(2)9-19-35)36-20-10-30(3)11-21-36)41-40(27-34)43(37-22-12-31(4)13-23-37)38-24-14-32(5)15-25-38/h6-27H,1-5H3. The van der Waals surface area contributed by atoms with Gasteiger partial charge >= 0.3 is 0 Å². The van der Waals surface area contributed by atoms with Crippen LogP contribution in [0, 0.1) is 34.6 Å². The molecule has 5 aromatic carbocycles. The van der Waals surface area contributed by atoms with Crippen molar-refractivity contribution in [3.63, 3.8) is 0 Å². The molecule has 212 valence electrons. The Morgan fingerprint density at radius 2 is 0.581 bits per heavy atom. The molecule has 6 rings (SSSR count). The molecule has 0 atom stereocenters. The molecule has 43 heavy (non-hydrogen) atoms. The molecule has 1 aromatic heterocycles. The molecular weight excluding hydrogens is 522 g/mol. The molecule has 0 amide bonds. The van der Waals surface area contributed by atoms with Gasteiger partial charge in [0.05, 0.1) is 0 Å². The molecule has 0 fully saturated rings. The van der Waals surface area contributed by atoms with Gasteiger partial charge in [-0.15, -0.1) is 0 Å². The van der Waals surface area contributed by atoms with E-state index in [1.165, 1.54) is 27.8 Å². The molecule has 0 N–H and O–H groups in total. The van der Waals surface area contributed by atoms with Crippen LogP contribution in [0.25, 0.3) is 11.1 Å². The van der Waals surface area contributed by atoms with Gasteiger partial charge in [-0.2, -0.15) is 0 Å². The van der Waals surface area contributed by atoms with Crippen LogP contribution in [0.3, 0.4) is 0 Å². The number of nitrogens with zero attached hydrogens (tertiary/aromatic N) is 3. The van der Waals surface area contributed by atoms with Crippen LogP contribution in [-0.4, -0.2) is 4.98 Å². The minimum absolute atomic E-state index is 0.852. The van der Waals surface area contributed by atoms with Gasteiger partial charge in [0.15, 0.2) is 0 Å². The third kappa shape index (κ3) is 6.22. The van der Waals surface area contributed by atoms with E-state index in [9.17, 15) is 0 Å². The van der Waals surface area contributed by atoms with Gasteiger partial charge in [-0.3, -0.25) is 9.80 Å². The summed E-state index contributed by atoms with van der Waals surface area (Å²) in [6.45, 7) is 10.6. The maximum atomic E-state index is 5.42. The van der Waals surface area contributed by atoms with Crippen molar-refractivity contribution in [3.8, 4) is 11.1 Å². The zero-order valence-electron chi connectivity index (χ0n) is 25.5. The molecule has 0 aliphatic heterocycles. The van der Waals surface area contributed by atoms with E-state index in [2.05, 4.69) is 178 Å². The van der Waals surface area contributed by atoms with Gasteiger partial charge in [-0.1, -0.05) is 101 Å². The Morgan fingerprint density at radius 3 is 0.860 bits per heavy atom. The monoisotopic (exact) mass is 559 g/mol. The molecule has 0 saturated heterocycles. The van der Waals surface area contributed by atoms with E-state index in [0.717, 1.165) is 45.5 Å². The van der Waals surface area contributed by atoms with Gasteiger partial charge in [0.1, 0.15) is 11.6 Å². The van der Waals surface area contributed by atoms with E-state index in [1.54, 1.807) is 0 Å². The topological polar surface area (TPSA) is 19.4 Å². The van der Waals surface area contributed by atoms with Gasteiger partial charge in [0, 0.05) is 22.7 Å². The van der Waals surface area contributed by atoms with Gasteiger partial charge in [0.25, 0.3) is 0 Å². The summed E-state index contributed by atoms with van der Waals surface area (Å²) in [7, 11) is 0. The van der Waals surface area contributed by atoms with Crippen molar-refractivity contribution < 1.29 is 0 Å². The lowest BCUT2D eigenvalue weighted by Crippen LogP contribution is -2.16. The van der Waals surface area contributed by atoms with Gasteiger partial charge in [0.2, 0.25) is 0 Å². The van der Waals surface area contributed by atoms with Crippen LogP contribution in [0.2, 0.25) is 0 Å². The third-order valence-corrected chi connectivity index (χ3v) is 7.81. The van der Waals surface area contributed by atoms with Gasteiger partial charge in [-0.25, -0.2) is 4.98 Å². The Bertz CT molecular complexity index is 1610. The highest BCUT2D eigenvalue weighted by Gasteiger charge is 2.20. The minimum Gasteiger partial charge on any atom is -0.295 e. The summed E-state index contributed by atoms with van der Waals surface area (Å²) in [6.07, 6.45) is 0. The van der Waals surface area contributed by atoms with Crippen LogP contribution in [0.15, 0.2) is 133 Å². The zero-order valence-corrected chi connectivity index (χ0v) is 25.5. The largest absolute Gasteiger partial charge is 0.295 e. The van der Waals surface area contributed by atoms with E-state index < -0.39 is 0 Å². The van der Waals surface area contributed by atoms with Crippen LogP contribution in [0.4, 0.5) is 34.4 Å². The lowest BCUT2D eigenvalue weighted by molar-refractivity contribution is 1.13. The van der Waals surface area contributed by atoms with Crippen molar-refractivity contribution in [3.05, 3.63) is 161 Å². The van der Waals surface area contributed by atoms with Gasteiger partial charge < -0.3 is 0 Å². The number of pyridine rings is 1. The summed E-state index contributed by atoms with van der Waals surface area (Å²) < 4.78 is 0. The average molecular weight is 560 g/mol. The SMILES string of the molecule is Cc1ccc(-c2cc(N(c3ccc(C)cc3)c3ccc(C)cc3)nc(N(c3ccc(C)cc3)c3ccc(C)cc3)c2)cc1. The van der Waals surface area contributed by atoms with E-state index in [0.29, 0.717) is 0 Å². The minimum atomic E-state index is 0.852. The first kappa shape index (κ1) is 28.0. The molecule has 3 heteroatoms. The fraction of sp³-hybridized carbons (Fsp3) is 0.125. The van der Waals surface area contributed by atoms with Crippen molar-refractivity contribution in [2.75, 3.05) is 9.80 Å². The molecule has 0 radical (unpaired) electrons. The van der Waals surface area contributed by atoms with Crippen molar-refractivity contribution in [1.29, 1.82) is 0 Å². The van der Waals surface area contributed by atoms with Crippen molar-refractivity contribution in [2.45, 2.75) is 34.6 Å². The molecule has 0 aliphatic rings. The maximum absolute atomic E-state index is 5.42. The van der Waals surface area contributed by atoms with E-state index in [1.807, 2.05) is 0 Å². The van der Waals surface area contributed by atoms with Crippen molar-refractivity contribution in [1.82, 2.24) is 4.98 Å². The first-order valence-electron chi connectivity index (χ1n) is 14.8. The number of aryl methyl sites for hydroxylation is 5. The van der Waals surface area contributed by atoms with E-state index >= 15 is 0 Å². The molecule has 1 heterocycles. The summed E-state index contributed by atoms with van der Waals surface area (Å²) >= 11 is 0. The Kier molecular flexibility index (Phi) is 7.81. The van der Waals surface area contributed by atoms with Crippen LogP contribution >= 0.6 is 0 Å². The first-order valence-corrected chi connectivity index (χ1v) is 14.8. The number of rotatable bonds is 7. The highest BCUT2D eigenvalue weighted by molar-refractivity contribution is 5.83. The number of benzene rings is 5. The molecule has 0 aliphatic carbocycles. The lowest BCUT2D eigenvalue weighted by atomic mass is 10.0. The molecular formula is C40H37N3. The Morgan fingerprint density at radius 1 is 0.326 bits per heavy atom. The summed E-state index contributed by atoms with van der Waals surface area (Å²) in [5, 5.41) is 0. The fourth-order valence-corrected chi connectivity index (χ4v) is 5.25. The second kappa shape index (κ2) is 12.0. The molecule has 3 nitrogen and oxygen atoms in total. The number of hydrogen-bond acceptors (Lipinski definition) is 3. The number of hydrogen-bond donors (Lipinski definition) is 0. The molecule has 6 aromatic rings. The summed E-state index contributed by atoms with van der Waals surface area (Å²) in [5.41, 5.74) is 12.6. The second-order valence-electron chi connectivity index (χ2n) is 11.5. The van der Waals surface area contributed by atoms with E-state index in [4.69, 9.17) is 4.98 Å². The summed E-state index contributed by atoms with van der Waals surface area (Å²) in [6, 6.07) is 47.8. The van der Waals surface area contributed by atoms with Crippen molar-refractivity contribution in [2.24, 2.45) is 0 Å². The van der Waals surface area contributed by atoms with Crippen LogP contribution in [0.1, 0.15) is 27.8 Å². The highest BCUT2D eigenvalue weighted by Crippen LogP contribution is 2.41. The fourth-order valence-electron chi connectivity index (χ4n) is 5.25. The third-order valence-electron chi connectivity index (χ3n) is 7.81. The highest BCUT2D eigenvalue weighted by atomic mass is 15.3. The Balaban J connectivity index is 1.62. The second-order valence-corrected chi connectivity index (χ2v) is 11.5. The predicted molar refractivity (Wildman–Crippen MR) is 183 cm³/mol. The van der Waals surface area contributed by atoms with Gasteiger partial charge in [-0.05, 0) is 106 Å². The first-order chi connectivity index (χ1) is 20.8. The number of aromatic nitrogens is 1. The molecule has 0 bridgehead atoms. The Hall–Kier alpha value is -5.15. The number of anilines is 6. The molecule has 0 saturated carbocycles. The van der Waals surface area contributed by atoms with Crippen LogP contribution in [0.5, 0.6) is 0 Å². The quantitative estimate of drug-likeness (QED) is 0.194. The van der Waals surface area contributed by atoms with E-state index in [-0.39, 0.29) is 0 Å². The van der Waals surface area contributed by atoms with Crippen LogP contribution in [-0.2, 0) is 0 Å². The van der Waals surface area contributed by atoms with Crippen molar-refractivity contribution >= 4 is 34.4 Å².